The quantitative estimate of drug-likeness (QED) is 0.472. The molecule has 0 aromatic heterocycles. The predicted octanol–water partition coefficient (Wildman–Crippen LogP) is 4.90. The molecule has 0 atom stereocenters. The highest BCUT2D eigenvalue weighted by Crippen LogP contribution is 2.24. The molecule has 156 valence electrons. The van der Waals surface area contributed by atoms with Crippen molar-refractivity contribution in [1.29, 1.82) is 0 Å². The lowest BCUT2D eigenvalue weighted by atomic mass is 10.0. The molecule has 0 aliphatic carbocycles. The van der Waals surface area contributed by atoms with Crippen LogP contribution in [0.25, 0.3) is 11.1 Å². The van der Waals surface area contributed by atoms with Gasteiger partial charge >= 0.3 is 6.09 Å². The molecule has 3 aromatic rings. The van der Waals surface area contributed by atoms with Crippen LogP contribution in [0.4, 0.5) is 4.79 Å². The number of carbonyl (C=O) groups excluding carboxylic acids is 1. The molecule has 0 unspecified atom stereocenters. The lowest BCUT2D eigenvalue weighted by Gasteiger charge is -2.09. The number of amides is 1. The summed E-state index contributed by atoms with van der Waals surface area (Å²) in [6, 6.07) is 25.9. The van der Waals surface area contributed by atoms with Crippen LogP contribution >= 0.6 is 0 Å². The lowest BCUT2D eigenvalue weighted by molar-refractivity contribution is 0.139. The molecule has 0 saturated heterocycles. The molecule has 5 heteroatoms. The van der Waals surface area contributed by atoms with Gasteiger partial charge in [-0.25, -0.2) is 4.79 Å². The van der Waals surface area contributed by atoms with Gasteiger partial charge in [-0.05, 0) is 47.2 Å². The highest BCUT2D eigenvalue weighted by atomic mass is 16.5. The van der Waals surface area contributed by atoms with Crippen molar-refractivity contribution in [3.05, 3.63) is 90.0 Å². The Morgan fingerprint density at radius 2 is 1.63 bits per heavy atom. The minimum atomic E-state index is -0.395. The fraction of sp³-hybridized carbons (Fsp3) is 0.240. The zero-order valence-corrected chi connectivity index (χ0v) is 17.1. The second kappa shape index (κ2) is 11.6. The van der Waals surface area contributed by atoms with Crippen LogP contribution in [0.1, 0.15) is 24.0 Å². The zero-order valence-electron chi connectivity index (χ0n) is 17.1. The summed E-state index contributed by atoms with van der Waals surface area (Å²) in [5.74, 6) is 0.839. The topological polar surface area (TPSA) is 73.6 Å². The molecule has 3 aromatic carbocycles. The normalized spacial score (nSPS) is 10.4. The molecule has 30 heavy (non-hydrogen) atoms. The van der Waals surface area contributed by atoms with Crippen molar-refractivity contribution in [3.63, 3.8) is 0 Å². The van der Waals surface area contributed by atoms with Gasteiger partial charge in [-0.3, -0.25) is 0 Å². The van der Waals surface area contributed by atoms with Crippen molar-refractivity contribution >= 4 is 6.09 Å². The summed E-state index contributed by atoms with van der Waals surface area (Å²) >= 11 is 0. The summed E-state index contributed by atoms with van der Waals surface area (Å²) in [5, 5.41) is 2.77. The van der Waals surface area contributed by atoms with Gasteiger partial charge < -0.3 is 20.5 Å². The Kier molecular flexibility index (Phi) is 8.30. The maximum absolute atomic E-state index is 11.7. The third-order valence-electron chi connectivity index (χ3n) is 4.68. The van der Waals surface area contributed by atoms with Crippen molar-refractivity contribution in [2.45, 2.75) is 26.0 Å². The van der Waals surface area contributed by atoms with Crippen LogP contribution in [0.2, 0.25) is 0 Å². The van der Waals surface area contributed by atoms with Gasteiger partial charge in [0.15, 0.2) is 0 Å². The van der Waals surface area contributed by atoms with Crippen molar-refractivity contribution in [1.82, 2.24) is 5.32 Å². The van der Waals surface area contributed by atoms with Crippen molar-refractivity contribution < 1.29 is 14.3 Å². The monoisotopic (exact) mass is 404 g/mol. The number of unbranched alkanes of at least 4 members (excludes halogenated alkanes) is 1. The number of benzene rings is 3. The minimum Gasteiger partial charge on any atom is -0.494 e. The van der Waals surface area contributed by atoms with E-state index in [-0.39, 0.29) is 6.61 Å². The van der Waals surface area contributed by atoms with E-state index in [1.54, 1.807) is 0 Å². The third-order valence-corrected chi connectivity index (χ3v) is 4.68. The van der Waals surface area contributed by atoms with Crippen LogP contribution < -0.4 is 15.8 Å². The van der Waals surface area contributed by atoms with Crippen LogP contribution in [-0.2, 0) is 17.9 Å². The molecule has 0 aliphatic rings. The molecule has 1 amide bonds. The molecule has 5 nitrogen and oxygen atoms in total. The summed E-state index contributed by atoms with van der Waals surface area (Å²) < 4.78 is 11.0. The third kappa shape index (κ3) is 6.94. The number of hydrogen-bond donors (Lipinski definition) is 2. The minimum absolute atomic E-state index is 0.279. The Morgan fingerprint density at radius 1 is 0.833 bits per heavy atom. The Bertz CT molecular complexity index is 911. The number of alkyl carbamates (subject to hydrolysis) is 1. The van der Waals surface area contributed by atoms with E-state index in [2.05, 4.69) is 23.5 Å². The van der Waals surface area contributed by atoms with Crippen molar-refractivity contribution in [2.75, 3.05) is 13.2 Å². The van der Waals surface area contributed by atoms with Gasteiger partial charge in [-0.15, -0.1) is 0 Å². The van der Waals surface area contributed by atoms with Gasteiger partial charge in [0.2, 0.25) is 0 Å². The number of rotatable bonds is 10. The largest absolute Gasteiger partial charge is 0.494 e. The summed E-state index contributed by atoms with van der Waals surface area (Å²) in [6.45, 7) is 1.98. The van der Waals surface area contributed by atoms with E-state index in [9.17, 15) is 4.79 Å². The van der Waals surface area contributed by atoms with E-state index in [0.717, 1.165) is 40.8 Å². The number of ether oxygens (including phenoxy) is 2. The highest BCUT2D eigenvalue weighted by molar-refractivity contribution is 5.67. The van der Waals surface area contributed by atoms with Gasteiger partial charge in [0.05, 0.1) is 6.61 Å². The lowest BCUT2D eigenvalue weighted by Crippen LogP contribution is -2.25. The van der Waals surface area contributed by atoms with Gasteiger partial charge in [0.25, 0.3) is 0 Å². The van der Waals surface area contributed by atoms with Crippen molar-refractivity contribution in [3.8, 4) is 16.9 Å². The average Bonchev–Trinajstić information content (AvgIpc) is 2.81. The fourth-order valence-corrected chi connectivity index (χ4v) is 2.98. The molecule has 0 saturated carbocycles. The number of carbonyl (C=O) groups is 1. The zero-order chi connectivity index (χ0) is 21.0. The predicted molar refractivity (Wildman–Crippen MR) is 119 cm³/mol. The van der Waals surface area contributed by atoms with E-state index in [0.29, 0.717) is 19.7 Å². The summed E-state index contributed by atoms with van der Waals surface area (Å²) in [7, 11) is 0. The maximum atomic E-state index is 11.7. The summed E-state index contributed by atoms with van der Waals surface area (Å²) in [5.41, 5.74) is 9.99. The molecular weight excluding hydrogens is 376 g/mol. The Labute approximate surface area is 177 Å². The molecule has 0 heterocycles. The second-order valence-corrected chi connectivity index (χ2v) is 6.97. The molecule has 0 fully saturated rings. The number of hydrogen-bond acceptors (Lipinski definition) is 4. The van der Waals surface area contributed by atoms with Gasteiger partial charge in [-0.2, -0.15) is 0 Å². The molecular formula is C25H28N2O3. The number of nitrogens with one attached hydrogen (secondary N) is 1. The van der Waals surface area contributed by atoms with Crippen LogP contribution in [0, 0.1) is 0 Å². The van der Waals surface area contributed by atoms with Gasteiger partial charge in [0.1, 0.15) is 12.4 Å². The average molecular weight is 405 g/mol. The second-order valence-electron chi connectivity index (χ2n) is 6.97. The van der Waals surface area contributed by atoms with Crippen LogP contribution in [0.5, 0.6) is 5.75 Å². The molecule has 3 N–H and O–H groups in total. The first kappa shape index (κ1) is 21.4. The van der Waals surface area contributed by atoms with E-state index >= 15 is 0 Å². The van der Waals surface area contributed by atoms with E-state index in [1.165, 1.54) is 0 Å². The smallest absolute Gasteiger partial charge is 0.407 e. The SMILES string of the molecule is NCc1ccc(-c2cccc(OCCCCNC(=O)OCc3ccccc3)c2)cc1. The van der Waals surface area contributed by atoms with Crippen LogP contribution in [0.3, 0.4) is 0 Å². The Balaban J connectivity index is 1.33. The Morgan fingerprint density at radius 3 is 2.40 bits per heavy atom. The highest BCUT2D eigenvalue weighted by Gasteiger charge is 2.03. The Hall–Kier alpha value is -3.31. The first-order valence-corrected chi connectivity index (χ1v) is 10.2. The molecule has 0 bridgehead atoms. The fourth-order valence-electron chi connectivity index (χ4n) is 2.98. The van der Waals surface area contributed by atoms with E-state index < -0.39 is 6.09 Å². The molecule has 0 spiro atoms. The summed E-state index contributed by atoms with van der Waals surface area (Å²) in [4.78, 5) is 11.7. The standard InChI is InChI=1S/C25H28N2O3/c26-18-20-11-13-22(14-12-20)23-9-6-10-24(17-23)29-16-5-4-15-27-25(28)30-19-21-7-2-1-3-8-21/h1-3,6-14,17H,4-5,15-16,18-19,26H2,(H,27,28). The van der Waals surface area contributed by atoms with E-state index in [4.69, 9.17) is 15.2 Å². The maximum Gasteiger partial charge on any atom is 0.407 e. The first-order chi connectivity index (χ1) is 14.7. The van der Waals surface area contributed by atoms with Crippen LogP contribution in [-0.4, -0.2) is 19.2 Å². The van der Waals surface area contributed by atoms with Crippen molar-refractivity contribution in [2.24, 2.45) is 5.73 Å². The number of nitrogens with two attached hydrogens (primary N) is 1. The van der Waals surface area contributed by atoms with Gasteiger partial charge in [-0.1, -0.05) is 66.7 Å². The molecule has 0 aliphatic heterocycles. The summed E-state index contributed by atoms with van der Waals surface area (Å²) in [6.07, 6.45) is 1.27. The van der Waals surface area contributed by atoms with Gasteiger partial charge in [0, 0.05) is 13.1 Å². The molecule has 3 rings (SSSR count). The first-order valence-electron chi connectivity index (χ1n) is 10.2. The van der Waals surface area contributed by atoms with E-state index in [1.807, 2.05) is 60.7 Å². The van der Waals surface area contributed by atoms with Crippen LogP contribution in [0.15, 0.2) is 78.9 Å². The molecule has 0 radical (unpaired) electrons.